The van der Waals surface area contributed by atoms with Gasteiger partial charge in [0.05, 0.1) is 99.9 Å². The molecule has 522 valence electrons. The van der Waals surface area contributed by atoms with Crippen LogP contribution in [0, 0.1) is 22.7 Å². The normalized spacial score (nSPS) is 18.1. The number of aromatic nitrogens is 2. The van der Waals surface area contributed by atoms with E-state index in [-0.39, 0.29) is 116 Å². The number of hydrogen-bond donors (Lipinski definition) is 8. The quantitative estimate of drug-likeness (QED) is 0.0255. The molecule has 0 unspecified atom stereocenters. The molecule has 0 spiro atoms. The molecule has 4 aromatic rings. The van der Waals surface area contributed by atoms with Gasteiger partial charge in [0.2, 0.25) is 29.5 Å². The van der Waals surface area contributed by atoms with Crippen LogP contribution < -0.4 is 36.1 Å². The first-order valence-electron chi connectivity index (χ1n) is 31.4. The number of nitriles is 2. The molecule has 2 aromatic carbocycles. The molecule has 8 N–H and O–H groups in total. The van der Waals surface area contributed by atoms with Crippen LogP contribution in [-0.4, -0.2) is 275 Å². The fourth-order valence-corrected chi connectivity index (χ4v) is 11.2. The highest BCUT2D eigenvalue weighted by atomic mass is 19.3. The van der Waals surface area contributed by atoms with E-state index in [1.807, 2.05) is 0 Å². The van der Waals surface area contributed by atoms with Crippen molar-refractivity contribution in [3.8, 4) is 23.6 Å². The second-order valence-electron chi connectivity index (χ2n) is 23.6. The zero-order valence-corrected chi connectivity index (χ0v) is 53.0. The Morgan fingerprint density at radius 2 is 0.948 bits per heavy atom. The van der Waals surface area contributed by atoms with Gasteiger partial charge in [0.1, 0.15) is 29.6 Å². The predicted molar refractivity (Wildman–Crippen MR) is 335 cm³/mol. The minimum atomic E-state index is -3.23. The summed E-state index contributed by atoms with van der Waals surface area (Å²) in [4.78, 5) is 145. The number of carbonyl (C=O) groups excluding carboxylic acids is 7. The van der Waals surface area contributed by atoms with Crippen molar-refractivity contribution in [1.82, 2.24) is 66.0 Å². The molecule has 30 nitrogen and oxygen atoms in total. The van der Waals surface area contributed by atoms with Gasteiger partial charge in [-0.1, -0.05) is 0 Å². The number of pyridine rings is 2. The van der Waals surface area contributed by atoms with Gasteiger partial charge in [-0.25, -0.2) is 17.6 Å². The summed E-state index contributed by atoms with van der Waals surface area (Å²) in [6.45, 7) is -2.93. The molecule has 0 saturated carbocycles. The van der Waals surface area contributed by atoms with Crippen molar-refractivity contribution >= 4 is 81.1 Å². The Bertz CT molecular complexity index is 3570. The lowest BCUT2D eigenvalue weighted by Crippen LogP contribution is -2.52. The number of ether oxygens (including phenoxy) is 2. The number of halogens is 4. The molecule has 0 bridgehead atoms. The monoisotopic (exact) mass is 1360 g/mol. The molecule has 3 fully saturated rings. The number of rotatable bonds is 31. The van der Waals surface area contributed by atoms with Gasteiger partial charge in [0.25, 0.3) is 23.7 Å². The number of benzene rings is 2. The topological polar surface area (TPSA) is 403 Å². The van der Waals surface area contributed by atoms with E-state index in [0.29, 0.717) is 59.0 Å². The first kappa shape index (κ1) is 74.5. The van der Waals surface area contributed by atoms with Crippen LogP contribution in [0.15, 0.2) is 60.9 Å². The van der Waals surface area contributed by atoms with Gasteiger partial charge in [0.15, 0.2) is 0 Å². The van der Waals surface area contributed by atoms with Crippen molar-refractivity contribution in [2.75, 3.05) is 131 Å². The summed E-state index contributed by atoms with van der Waals surface area (Å²) in [5.41, 5.74) is 1.06. The van der Waals surface area contributed by atoms with E-state index in [1.54, 1.807) is 68.1 Å². The number of likely N-dealkylation sites (tertiary alicyclic amines) is 2. The third-order valence-corrected chi connectivity index (χ3v) is 16.2. The highest BCUT2D eigenvalue weighted by molar-refractivity contribution is 6.08. The van der Waals surface area contributed by atoms with Crippen LogP contribution in [0.5, 0.6) is 11.5 Å². The van der Waals surface area contributed by atoms with Crippen molar-refractivity contribution in [3.05, 3.63) is 72.1 Å². The Morgan fingerprint density at radius 3 is 1.35 bits per heavy atom. The zero-order valence-electron chi connectivity index (χ0n) is 53.0. The fourth-order valence-electron chi connectivity index (χ4n) is 11.2. The summed E-state index contributed by atoms with van der Waals surface area (Å²) in [5.74, 6) is -13.9. The Labute approximate surface area is 554 Å². The van der Waals surface area contributed by atoms with Gasteiger partial charge in [-0.2, -0.15) is 10.5 Å². The number of aliphatic carboxylic acids is 3. The summed E-state index contributed by atoms with van der Waals surface area (Å²) in [6.07, 6.45) is 2.43. The summed E-state index contributed by atoms with van der Waals surface area (Å²) >= 11 is 0. The summed E-state index contributed by atoms with van der Waals surface area (Å²) in [5, 5.41) is 61.4. The van der Waals surface area contributed by atoms with Gasteiger partial charge in [-0.3, -0.25) is 77.5 Å². The lowest BCUT2D eigenvalue weighted by atomic mass is 10.1. The van der Waals surface area contributed by atoms with E-state index < -0.39 is 141 Å². The van der Waals surface area contributed by atoms with Crippen LogP contribution in [0.25, 0.3) is 21.8 Å². The number of nitrogens with zero attached hydrogens (tertiary/aromatic N) is 10. The summed E-state index contributed by atoms with van der Waals surface area (Å²) in [6, 6.07) is 11.9. The molecule has 7 amide bonds. The van der Waals surface area contributed by atoms with Gasteiger partial charge in [0, 0.05) is 108 Å². The first-order chi connectivity index (χ1) is 46.3. The number of unbranched alkanes of at least 4 members (excludes halogenated alkanes) is 2. The molecule has 3 aliphatic rings. The van der Waals surface area contributed by atoms with Crippen molar-refractivity contribution in [2.45, 2.75) is 81.3 Å². The van der Waals surface area contributed by atoms with E-state index in [1.165, 1.54) is 24.5 Å². The molecule has 3 aliphatic heterocycles. The second-order valence-corrected chi connectivity index (χ2v) is 23.6. The minimum absolute atomic E-state index is 0.0963. The Hall–Kier alpha value is -9.90. The number of carboxylic acid groups (broad SMARTS) is 3. The maximum absolute atomic E-state index is 14.0. The van der Waals surface area contributed by atoms with E-state index >= 15 is 0 Å². The molecule has 97 heavy (non-hydrogen) atoms. The molecule has 0 radical (unpaired) electrons. The third kappa shape index (κ3) is 23.5. The highest BCUT2D eigenvalue weighted by Crippen LogP contribution is 2.33. The number of alkyl halides is 4. The maximum Gasteiger partial charge on any atom is 0.317 e. The maximum atomic E-state index is 14.0. The lowest BCUT2D eigenvalue weighted by molar-refractivity contribution is -0.140. The average Bonchev–Trinajstić information content (AvgIpc) is 1.80. The van der Waals surface area contributed by atoms with Crippen LogP contribution in [-0.2, 0) is 38.4 Å². The van der Waals surface area contributed by atoms with Gasteiger partial charge in [-0.05, 0) is 80.6 Å². The Morgan fingerprint density at radius 1 is 0.546 bits per heavy atom. The first-order valence-corrected chi connectivity index (χ1v) is 31.4. The Balaban J connectivity index is 0.924. The van der Waals surface area contributed by atoms with E-state index in [2.05, 4.69) is 36.6 Å². The molecule has 0 aliphatic carbocycles. The number of nitrogens with one attached hydrogen (secondary N) is 5. The number of hydrogen-bond acceptors (Lipinski definition) is 20. The van der Waals surface area contributed by atoms with Gasteiger partial charge in [-0.15, -0.1) is 0 Å². The van der Waals surface area contributed by atoms with Crippen LogP contribution in [0.2, 0.25) is 0 Å². The molecule has 3 atom stereocenters. The fraction of sp³-hybridized carbons (Fsp3) is 0.524. The lowest BCUT2D eigenvalue weighted by Gasteiger charge is -2.33. The predicted octanol–water partition coefficient (Wildman–Crippen LogP) is 0.753. The standard InChI is InChI=1S/C63H77F4N15O15/c64-62(65)29-41(31-68)81(39-62)54(85)33-74-59(93)45-11-15-70-49-7-5-43(27-47(45)49)96-25-3-1-13-72-52(83)10-9-51(76-53(84)35-77-17-19-78(36-56(87)88)21-23-80(38-58(91)92)24-22-79(20-18-77)37-57(89)90)61(95)73-14-2-4-26-97-44-6-8-50-48(28-44)46(12-16-71-50)60(94)75-34-55(86)82-40-63(66,67)30-42(82)32-69/h5-8,11-12,15-16,27-28,41-42,51H,1-4,9-10,13-14,17-26,29-30,33-40H2,(H,72,83)(H,73,95)(H,74,93)(H,75,94)(H,76,84)(H,87,88)(H,89,90)(H,91,92)/t41-,42-,51-/m0/s1. The van der Waals surface area contributed by atoms with Gasteiger partial charge >= 0.3 is 17.9 Å². The van der Waals surface area contributed by atoms with E-state index in [9.17, 15) is 91.4 Å². The van der Waals surface area contributed by atoms with Crippen LogP contribution in [0.3, 0.4) is 0 Å². The van der Waals surface area contributed by atoms with E-state index in [4.69, 9.17) is 9.47 Å². The average molecular weight is 1360 g/mol. The molecular formula is C63H77F4N15O15. The summed E-state index contributed by atoms with van der Waals surface area (Å²) in [7, 11) is 0. The smallest absolute Gasteiger partial charge is 0.317 e. The minimum Gasteiger partial charge on any atom is -0.494 e. The highest BCUT2D eigenvalue weighted by Gasteiger charge is 2.48. The SMILES string of the molecule is N#C[C@@H]1CC(F)(F)CN1C(=O)CNC(=O)c1ccnc2ccc(OCCCCNC(=O)CC[C@H](NC(=O)CN3CCN(CC(=O)O)CCN(CC(=O)O)CCN(CC(=O)O)CC3)C(=O)NCCCCOc3ccc4nccc(C(=O)NCC(=O)N5CC(F)(F)C[C@H]5C#N)c4c3)cc12. The molecule has 5 heterocycles. The van der Waals surface area contributed by atoms with Crippen molar-refractivity contribution in [1.29, 1.82) is 10.5 Å². The zero-order chi connectivity index (χ0) is 70.2. The van der Waals surface area contributed by atoms with E-state index in [0.717, 1.165) is 9.80 Å². The van der Waals surface area contributed by atoms with Crippen molar-refractivity contribution in [2.24, 2.45) is 0 Å². The number of carboxylic acids is 3. The van der Waals surface area contributed by atoms with Crippen LogP contribution >= 0.6 is 0 Å². The van der Waals surface area contributed by atoms with Crippen LogP contribution in [0.1, 0.15) is 72.1 Å². The van der Waals surface area contributed by atoms with Crippen molar-refractivity contribution in [3.63, 3.8) is 0 Å². The summed E-state index contributed by atoms with van der Waals surface area (Å²) < 4.78 is 67.8. The molecule has 7 rings (SSSR count). The number of carbonyl (C=O) groups is 10. The molecule has 3 saturated heterocycles. The Kier molecular flexibility index (Phi) is 27.4. The van der Waals surface area contributed by atoms with Crippen LogP contribution in [0.4, 0.5) is 17.6 Å². The van der Waals surface area contributed by atoms with Crippen molar-refractivity contribution < 1.29 is 90.3 Å². The molecule has 34 heteroatoms. The number of fused-ring (bicyclic) bond motifs is 2. The second kappa shape index (κ2) is 35.7. The largest absolute Gasteiger partial charge is 0.494 e. The molecular weight excluding hydrogens is 1280 g/mol. The molecule has 2 aromatic heterocycles. The number of amides is 7. The van der Waals surface area contributed by atoms with Gasteiger partial charge < -0.3 is 61.2 Å². The third-order valence-electron chi connectivity index (χ3n) is 16.2.